The van der Waals surface area contributed by atoms with Crippen molar-refractivity contribution in [1.29, 1.82) is 0 Å². The molecule has 10 heteroatoms. The lowest BCUT2D eigenvalue weighted by molar-refractivity contribution is -0.125. The molecule has 0 heterocycles. The second kappa shape index (κ2) is 11.9. The topological polar surface area (TPSA) is 157 Å². The number of anilines is 1. The zero-order valence-corrected chi connectivity index (χ0v) is 18.7. The van der Waals surface area contributed by atoms with Crippen LogP contribution >= 0.6 is 0 Å². The number of primary amides is 1. The number of nitrogens with one attached hydrogen (secondary N) is 2. The van der Waals surface area contributed by atoms with Gasteiger partial charge in [-0.25, -0.2) is 4.79 Å². The summed E-state index contributed by atoms with van der Waals surface area (Å²) in [6.45, 7) is 7.02. The standard InChI is InChI=1S/C21H33N5O5/c1-12(2)17(22)20(29)24-10-16(27)25-15-8-6-14(7-9-15)11-31-21(30)26(5)18(13(3)4)19(23)28/h6-9,12-13,17-18H,10-11,22H2,1-5H3,(H2,23,28)(H,24,29)(H,25,27). The summed E-state index contributed by atoms with van der Waals surface area (Å²) in [7, 11) is 1.46. The van der Waals surface area contributed by atoms with E-state index in [1.165, 1.54) is 11.9 Å². The predicted octanol–water partition coefficient (Wildman–Crippen LogP) is 0.803. The number of ether oxygens (including phenoxy) is 1. The minimum atomic E-state index is -0.763. The van der Waals surface area contributed by atoms with Crippen LogP contribution in [-0.2, 0) is 25.7 Å². The minimum absolute atomic E-state index is 0.00980. The number of nitrogens with zero attached hydrogens (tertiary/aromatic N) is 1. The van der Waals surface area contributed by atoms with Crippen LogP contribution in [0.5, 0.6) is 0 Å². The Balaban J connectivity index is 2.53. The summed E-state index contributed by atoms with van der Waals surface area (Å²) in [5.41, 5.74) is 12.3. The molecule has 0 radical (unpaired) electrons. The maximum Gasteiger partial charge on any atom is 0.410 e. The van der Waals surface area contributed by atoms with Crippen molar-refractivity contribution in [3.8, 4) is 0 Å². The minimum Gasteiger partial charge on any atom is -0.445 e. The summed E-state index contributed by atoms with van der Waals surface area (Å²) in [6, 6.07) is 5.22. The Hall–Kier alpha value is -3.14. The first-order valence-corrected chi connectivity index (χ1v) is 10.0. The van der Waals surface area contributed by atoms with Crippen LogP contribution in [0.2, 0.25) is 0 Å². The molecule has 10 nitrogen and oxygen atoms in total. The quantitative estimate of drug-likeness (QED) is 0.426. The van der Waals surface area contributed by atoms with Crippen molar-refractivity contribution >= 4 is 29.5 Å². The number of nitrogens with two attached hydrogens (primary N) is 2. The van der Waals surface area contributed by atoms with Crippen LogP contribution in [0, 0.1) is 11.8 Å². The van der Waals surface area contributed by atoms with E-state index in [9.17, 15) is 19.2 Å². The van der Waals surface area contributed by atoms with Crippen molar-refractivity contribution < 1.29 is 23.9 Å². The summed E-state index contributed by atoms with van der Waals surface area (Å²) < 4.78 is 5.23. The van der Waals surface area contributed by atoms with Gasteiger partial charge in [-0.2, -0.15) is 0 Å². The summed E-state index contributed by atoms with van der Waals surface area (Å²) in [4.78, 5) is 48.7. The molecule has 0 aliphatic heterocycles. The molecule has 0 aliphatic carbocycles. The van der Waals surface area contributed by atoms with Crippen LogP contribution < -0.4 is 22.1 Å². The molecular formula is C21H33N5O5. The Morgan fingerprint density at radius 3 is 2.10 bits per heavy atom. The Labute approximate surface area is 182 Å². The molecule has 0 spiro atoms. The molecule has 0 saturated carbocycles. The summed E-state index contributed by atoms with van der Waals surface area (Å²) in [6.07, 6.45) is -0.662. The predicted molar refractivity (Wildman–Crippen MR) is 117 cm³/mol. The first-order chi connectivity index (χ1) is 14.4. The number of hydrogen-bond donors (Lipinski definition) is 4. The zero-order valence-electron chi connectivity index (χ0n) is 18.7. The fourth-order valence-corrected chi connectivity index (χ4v) is 2.80. The Bertz CT molecular complexity index is 779. The molecule has 6 N–H and O–H groups in total. The van der Waals surface area contributed by atoms with Gasteiger partial charge in [0.15, 0.2) is 0 Å². The smallest absolute Gasteiger partial charge is 0.410 e. The maximum atomic E-state index is 12.2. The third-order valence-electron chi connectivity index (χ3n) is 4.67. The van der Waals surface area contributed by atoms with Gasteiger partial charge in [0, 0.05) is 12.7 Å². The monoisotopic (exact) mass is 435 g/mol. The van der Waals surface area contributed by atoms with Crippen LogP contribution in [-0.4, -0.2) is 54.4 Å². The average Bonchev–Trinajstić information content (AvgIpc) is 2.69. The normalized spacial score (nSPS) is 12.8. The fraction of sp³-hybridized carbons (Fsp3) is 0.524. The van der Waals surface area contributed by atoms with Gasteiger partial charge in [-0.1, -0.05) is 39.8 Å². The highest BCUT2D eigenvalue weighted by Gasteiger charge is 2.28. The maximum absolute atomic E-state index is 12.2. The SMILES string of the molecule is CC(C)C(N)C(=O)NCC(=O)Nc1ccc(COC(=O)N(C)C(C(N)=O)C(C)C)cc1. The second-order valence-corrected chi connectivity index (χ2v) is 7.99. The highest BCUT2D eigenvalue weighted by Crippen LogP contribution is 2.13. The molecule has 0 bridgehead atoms. The first kappa shape index (κ1) is 25.9. The lowest BCUT2D eigenvalue weighted by Crippen LogP contribution is -2.48. The number of amides is 4. The van der Waals surface area contributed by atoms with Gasteiger partial charge in [0.25, 0.3) is 0 Å². The lowest BCUT2D eigenvalue weighted by Gasteiger charge is -2.27. The molecule has 2 unspecified atom stereocenters. The van der Waals surface area contributed by atoms with E-state index in [0.29, 0.717) is 11.3 Å². The third kappa shape index (κ3) is 8.25. The number of benzene rings is 1. The van der Waals surface area contributed by atoms with Crippen molar-refractivity contribution in [2.24, 2.45) is 23.3 Å². The largest absolute Gasteiger partial charge is 0.445 e. The Morgan fingerprint density at radius 1 is 1.03 bits per heavy atom. The van der Waals surface area contributed by atoms with Gasteiger partial charge in [-0.3, -0.25) is 19.3 Å². The number of hydrogen-bond acceptors (Lipinski definition) is 6. The van der Waals surface area contributed by atoms with Gasteiger partial charge in [-0.15, -0.1) is 0 Å². The molecule has 172 valence electrons. The average molecular weight is 436 g/mol. The molecule has 0 saturated heterocycles. The third-order valence-corrected chi connectivity index (χ3v) is 4.67. The van der Waals surface area contributed by atoms with Crippen LogP contribution in [0.25, 0.3) is 0 Å². The molecule has 1 rings (SSSR count). The molecular weight excluding hydrogens is 402 g/mol. The molecule has 31 heavy (non-hydrogen) atoms. The van der Waals surface area contributed by atoms with Crippen LogP contribution in [0.3, 0.4) is 0 Å². The van der Waals surface area contributed by atoms with E-state index in [-0.39, 0.29) is 30.9 Å². The molecule has 1 aromatic carbocycles. The van der Waals surface area contributed by atoms with Gasteiger partial charge in [0.1, 0.15) is 12.6 Å². The molecule has 0 aromatic heterocycles. The Morgan fingerprint density at radius 2 is 1.61 bits per heavy atom. The second-order valence-electron chi connectivity index (χ2n) is 7.99. The van der Waals surface area contributed by atoms with Crippen molar-refractivity contribution in [2.45, 2.75) is 46.4 Å². The van der Waals surface area contributed by atoms with Crippen LogP contribution in [0.1, 0.15) is 33.3 Å². The van der Waals surface area contributed by atoms with E-state index in [1.54, 1.807) is 38.1 Å². The van der Waals surface area contributed by atoms with E-state index in [1.807, 2.05) is 13.8 Å². The number of rotatable bonds is 10. The molecule has 4 amide bonds. The van der Waals surface area contributed by atoms with Gasteiger partial charge in [0.2, 0.25) is 17.7 Å². The first-order valence-electron chi connectivity index (χ1n) is 10.0. The summed E-state index contributed by atoms with van der Waals surface area (Å²) in [5, 5.41) is 5.15. The zero-order chi connectivity index (χ0) is 23.7. The van der Waals surface area contributed by atoms with Gasteiger partial charge in [0.05, 0.1) is 12.6 Å². The number of carbonyl (C=O) groups excluding carboxylic acids is 4. The highest BCUT2D eigenvalue weighted by atomic mass is 16.6. The van der Waals surface area contributed by atoms with Crippen LogP contribution in [0.4, 0.5) is 10.5 Å². The lowest BCUT2D eigenvalue weighted by atomic mass is 10.0. The molecule has 1 aromatic rings. The van der Waals surface area contributed by atoms with Gasteiger partial charge >= 0.3 is 6.09 Å². The highest BCUT2D eigenvalue weighted by molar-refractivity contribution is 5.95. The van der Waals surface area contributed by atoms with Crippen molar-refractivity contribution in [2.75, 3.05) is 18.9 Å². The van der Waals surface area contributed by atoms with Crippen LogP contribution in [0.15, 0.2) is 24.3 Å². The van der Waals surface area contributed by atoms with E-state index in [0.717, 1.165) is 0 Å². The van der Waals surface area contributed by atoms with Gasteiger partial charge < -0.3 is 26.8 Å². The number of likely N-dealkylation sites (N-methyl/N-ethyl adjacent to an activating group) is 1. The Kier molecular flexibility index (Phi) is 9.94. The summed E-state index contributed by atoms with van der Waals surface area (Å²) >= 11 is 0. The van der Waals surface area contributed by atoms with Crippen molar-refractivity contribution in [1.82, 2.24) is 10.2 Å². The summed E-state index contributed by atoms with van der Waals surface area (Å²) in [5.74, 6) is -1.56. The van der Waals surface area contributed by atoms with Gasteiger partial charge in [-0.05, 0) is 29.5 Å². The van der Waals surface area contributed by atoms with Crippen molar-refractivity contribution in [3.63, 3.8) is 0 Å². The molecule has 0 aliphatic rings. The van der Waals surface area contributed by atoms with E-state index >= 15 is 0 Å². The molecule has 0 fully saturated rings. The number of carbonyl (C=O) groups is 4. The van der Waals surface area contributed by atoms with E-state index in [2.05, 4.69) is 10.6 Å². The molecule has 2 atom stereocenters. The van der Waals surface area contributed by atoms with E-state index in [4.69, 9.17) is 16.2 Å². The fourth-order valence-electron chi connectivity index (χ4n) is 2.80. The van der Waals surface area contributed by atoms with E-state index < -0.39 is 30.0 Å². The van der Waals surface area contributed by atoms with Crippen molar-refractivity contribution in [3.05, 3.63) is 29.8 Å².